The highest BCUT2D eigenvalue weighted by Gasteiger charge is 2.44. The Morgan fingerprint density at radius 3 is 2.55 bits per heavy atom. The Morgan fingerprint density at radius 2 is 1.83 bits per heavy atom. The van der Waals surface area contributed by atoms with Crippen LogP contribution in [0.25, 0.3) is 0 Å². The molecule has 2 N–H and O–H groups in total. The first kappa shape index (κ1) is 17.4. The van der Waals surface area contributed by atoms with Gasteiger partial charge in [0.15, 0.2) is 11.6 Å². The molecule has 1 aliphatic carbocycles. The van der Waals surface area contributed by atoms with E-state index in [1.54, 1.807) is 42.9 Å². The lowest BCUT2D eigenvalue weighted by Crippen LogP contribution is -2.53. The molecule has 2 aromatic carbocycles. The van der Waals surface area contributed by atoms with E-state index >= 15 is 0 Å². The second-order valence-corrected chi connectivity index (χ2v) is 6.68. The minimum Gasteiger partial charge on any atom is -0.454 e. The average Bonchev–Trinajstić information content (AvgIpc) is 2.98. The number of nitrogens with two attached hydrogens (primary N) is 1. The molecule has 0 bridgehead atoms. The molecule has 0 saturated heterocycles. The van der Waals surface area contributed by atoms with Crippen molar-refractivity contribution >= 4 is 12.1 Å². The van der Waals surface area contributed by atoms with Crippen LogP contribution in [-0.4, -0.2) is 16.6 Å². The molecule has 0 aromatic heterocycles. The molecule has 3 aliphatic rings. The van der Waals surface area contributed by atoms with Gasteiger partial charge in [-0.2, -0.15) is 15.2 Å². The van der Waals surface area contributed by atoms with Crippen molar-refractivity contribution in [3.63, 3.8) is 0 Å². The van der Waals surface area contributed by atoms with Gasteiger partial charge in [0, 0.05) is 5.57 Å². The zero-order valence-corrected chi connectivity index (χ0v) is 15.1. The van der Waals surface area contributed by atoms with Crippen molar-refractivity contribution in [3.8, 4) is 11.5 Å². The van der Waals surface area contributed by atoms with Crippen molar-refractivity contribution in [1.29, 1.82) is 0 Å². The van der Waals surface area contributed by atoms with Crippen LogP contribution < -0.4 is 10.6 Å². The van der Waals surface area contributed by atoms with Crippen molar-refractivity contribution in [2.75, 3.05) is 0 Å². The third kappa shape index (κ3) is 2.75. The fourth-order valence-electron chi connectivity index (χ4n) is 3.30. The summed E-state index contributed by atoms with van der Waals surface area (Å²) in [4.78, 5) is 8.96. The first-order valence-electron chi connectivity index (χ1n) is 8.89. The largest absolute Gasteiger partial charge is 0.454 e. The number of amidine groups is 1. The van der Waals surface area contributed by atoms with Gasteiger partial charge in [0.2, 0.25) is 11.5 Å². The first-order chi connectivity index (χ1) is 14.1. The van der Waals surface area contributed by atoms with Crippen LogP contribution in [0.5, 0.6) is 11.5 Å². The Balaban J connectivity index is 1.47. The van der Waals surface area contributed by atoms with Gasteiger partial charge in [-0.05, 0) is 36.4 Å². The maximum atomic E-state index is 13.8. The van der Waals surface area contributed by atoms with Crippen LogP contribution in [0, 0.1) is 11.6 Å². The van der Waals surface area contributed by atoms with Crippen LogP contribution in [0.2, 0.25) is 0 Å². The summed E-state index contributed by atoms with van der Waals surface area (Å²) in [6, 6.07) is 10.7. The van der Waals surface area contributed by atoms with E-state index in [9.17, 15) is 8.78 Å². The summed E-state index contributed by atoms with van der Waals surface area (Å²) in [5, 5.41) is 0. The molecular formula is C22H15F2N4O+. The quantitative estimate of drug-likeness (QED) is 0.620. The summed E-state index contributed by atoms with van der Waals surface area (Å²) >= 11 is 0. The van der Waals surface area contributed by atoms with E-state index in [4.69, 9.17) is 15.6 Å². The molecule has 2 aromatic rings. The highest BCUT2D eigenvalue weighted by molar-refractivity contribution is 6.01. The predicted molar refractivity (Wildman–Crippen MR) is 106 cm³/mol. The number of quaternary nitrogens is 1. The van der Waals surface area contributed by atoms with Crippen molar-refractivity contribution in [2.24, 2.45) is 15.8 Å². The molecule has 0 saturated carbocycles. The van der Waals surface area contributed by atoms with Gasteiger partial charge in [-0.3, -0.25) is 4.99 Å². The van der Waals surface area contributed by atoms with Crippen molar-refractivity contribution in [3.05, 3.63) is 107 Å². The van der Waals surface area contributed by atoms with Crippen LogP contribution in [-0.2, 0) is 0 Å². The summed E-state index contributed by atoms with van der Waals surface area (Å²) in [5.74, 6) is 5.48. The van der Waals surface area contributed by atoms with Gasteiger partial charge < -0.3 is 4.74 Å². The number of hydrogen-bond donors (Lipinski definition) is 1. The summed E-state index contributed by atoms with van der Waals surface area (Å²) in [5.41, 5.74) is 3.32. The van der Waals surface area contributed by atoms with Crippen LogP contribution >= 0.6 is 0 Å². The number of nitrogens with zero attached hydrogens (tertiary/aromatic N) is 3. The molecule has 1 unspecified atom stereocenters. The van der Waals surface area contributed by atoms with E-state index in [1.807, 2.05) is 18.2 Å². The first-order valence-corrected chi connectivity index (χ1v) is 8.89. The SMILES string of the molecule is N[N+]12C=CN=CC1=C(C1=CC=C1)N=C2c1ccc(Oc2cccc(F)c2F)cc1. The van der Waals surface area contributed by atoms with Gasteiger partial charge in [-0.15, -0.1) is 4.59 Å². The fraction of sp³-hybridized carbons (Fsp3) is 0. The average molecular weight is 389 g/mol. The lowest BCUT2D eigenvalue weighted by Gasteiger charge is -2.26. The van der Waals surface area contributed by atoms with E-state index < -0.39 is 11.6 Å². The Bertz CT molecular complexity index is 1210. The Morgan fingerprint density at radius 1 is 1.03 bits per heavy atom. The molecule has 0 radical (unpaired) electrons. The molecule has 7 heteroatoms. The van der Waals surface area contributed by atoms with Gasteiger partial charge >= 0.3 is 0 Å². The summed E-state index contributed by atoms with van der Waals surface area (Å²) in [6.45, 7) is 0. The highest BCUT2D eigenvalue weighted by atomic mass is 19.2. The number of aliphatic imine (C=N–C) groups is 2. The third-order valence-electron chi connectivity index (χ3n) is 4.88. The maximum absolute atomic E-state index is 13.8. The zero-order valence-electron chi connectivity index (χ0n) is 15.1. The molecular weight excluding hydrogens is 374 g/mol. The van der Waals surface area contributed by atoms with Gasteiger partial charge in [0.1, 0.15) is 17.6 Å². The van der Waals surface area contributed by atoms with Crippen molar-refractivity contribution in [1.82, 2.24) is 0 Å². The highest BCUT2D eigenvalue weighted by Crippen LogP contribution is 2.36. The normalized spacial score (nSPS) is 21.6. The van der Waals surface area contributed by atoms with Crippen LogP contribution in [0.15, 0.2) is 100 Å². The zero-order chi connectivity index (χ0) is 20.0. The number of hydrogen-bond acceptors (Lipinski definition) is 4. The summed E-state index contributed by atoms with van der Waals surface area (Å²) in [6.07, 6.45) is 11.0. The molecule has 1 atom stereocenters. The molecule has 0 fully saturated rings. The lowest BCUT2D eigenvalue weighted by molar-refractivity contribution is -0.750. The second-order valence-electron chi connectivity index (χ2n) is 6.68. The van der Waals surface area contributed by atoms with Gasteiger partial charge in [-0.1, -0.05) is 24.3 Å². The summed E-state index contributed by atoms with van der Waals surface area (Å²) in [7, 11) is 0. The van der Waals surface area contributed by atoms with Crippen LogP contribution in [0.1, 0.15) is 5.56 Å². The molecule has 2 heterocycles. The maximum Gasteiger partial charge on any atom is 0.265 e. The summed E-state index contributed by atoms with van der Waals surface area (Å²) < 4.78 is 32.6. The molecule has 5 nitrogen and oxygen atoms in total. The van der Waals surface area contributed by atoms with Crippen molar-refractivity contribution < 1.29 is 18.1 Å². The topological polar surface area (TPSA) is 60.0 Å². The second kappa shape index (κ2) is 6.44. The number of rotatable bonds is 4. The number of fused-ring (bicyclic) bond motifs is 1. The smallest absolute Gasteiger partial charge is 0.265 e. The molecule has 142 valence electrons. The molecule has 5 rings (SSSR count). The molecule has 2 aliphatic heterocycles. The molecule has 0 amide bonds. The van der Waals surface area contributed by atoms with Crippen molar-refractivity contribution in [2.45, 2.75) is 0 Å². The van der Waals surface area contributed by atoms with E-state index in [1.165, 1.54) is 12.1 Å². The molecule has 29 heavy (non-hydrogen) atoms. The lowest BCUT2D eigenvalue weighted by atomic mass is 10.0. The van der Waals surface area contributed by atoms with Gasteiger partial charge in [-0.25, -0.2) is 4.39 Å². The van der Waals surface area contributed by atoms with Gasteiger partial charge in [0.05, 0.1) is 18.0 Å². The van der Waals surface area contributed by atoms with E-state index in [-0.39, 0.29) is 10.3 Å². The van der Waals surface area contributed by atoms with Crippen LogP contribution in [0.4, 0.5) is 8.78 Å². The minimum absolute atomic E-state index is 0.0945. The monoisotopic (exact) mass is 389 g/mol. The fourth-order valence-corrected chi connectivity index (χ4v) is 3.30. The number of benzene rings is 2. The van der Waals surface area contributed by atoms with E-state index in [0.717, 1.165) is 28.6 Å². The van der Waals surface area contributed by atoms with Gasteiger partial charge in [0.25, 0.3) is 5.84 Å². The number of allylic oxidation sites excluding steroid dienone is 4. The van der Waals surface area contributed by atoms with E-state index in [2.05, 4.69) is 4.99 Å². The molecule has 0 spiro atoms. The standard InChI is InChI=1S/C22H15F2N4O/c23-17-5-2-6-19(20(17)24)29-16-9-7-15(8-10-16)22-27-21(14-3-1-4-14)18-13-26-11-12-28(18,22)25/h1-13H,25H2/q+1. The number of halogens is 2. The van der Waals surface area contributed by atoms with Crippen LogP contribution in [0.3, 0.4) is 0 Å². The van der Waals surface area contributed by atoms with E-state index in [0.29, 0.717) is 11.6 Å². The Labute approximate surface area is 165 Å². The third-order valence-corrected chi connectivity index (χ3v) is 4.88. The predicted octanol–water partition coefficient (Wildman–Crippen LogP) is 4.47. The number of ether oxygens (including phenoxy) is 1. The minimum atomic E-state index is -1.03. The Kier molecular flexibility index (Phi) is 3.87. The Hall–Kier alpha value is -3.68.